The van der Waals surface area contributed by atoms with Crippen LogP contribution in [-0.2, 0) is 11.3 Å². The first-order valence-electron chi connectivity index (χ1n) is 6.31. The molecule has 8 heteroatoms. The Morgan fingerprint density at radius 3 is 3.00 bits per heavy atom. The Morgan fingerprint density at radius 1 is 1.53 bits per heavy atom. The van der Waals surface area contributed by atoms with Crippen LogP contribution in [0.4, 0.5) is 0 Å². The third-order valence-corrected chi connectivity index (χ3v) is 3.02. The molecule has 0 aliphatic carbocycles. The highest BCUT2D eigenvalue weighted by Gasteiger charge is 2.19. The average molecular weight is 267 g/mol. The van der Waals surface area contributed by atoms with Crippen LogP contribution in [0.25, 0.3) is 0 Å². The second-order valence-electron chi connectivity index (χ2n) is 4.47. The molecule has 1 fully saturated rings. The van der Waals surface area contributed by atoms with E-state index in [0.717, 1.165) is 25.8 Å². The van der Waals surface area contributed by atoms with Gasteiger partial charge in [-0.25, -0.2) is 9.48 Å². The van der Waals surface area contributed by atoms with E-state index in [0.29, 0.717) is 13.1 Å². The number of nitrogens with zero attached hydrogens (tertiary/aromatic N) is 3. The average Bonchev–Trinajstić information content (AvgIpc) is 2.89. The molecule has 1 atom stereocenters. The lowest BCUT2D eigenvalue weighted by Gasteiger charge is -2.22. The van der Waals surface area contributed by atoms with Gasteiger partial charge in [0.1, 0.15) is 0 Å². The van der Waals surface area contributed by atoms with Gasteiger partial charge in [0.15, 0.2) is 5.69 Å². The van der Waals surface area contributed by atoms with Crippen molar-refractivity contribution in [2.45, 2.75) is 31.8 Å². The van der Waals surface area contributed by atoms with Gasteiger partial charge >= 0.3 is 5.97 Å². The number of hydrogen-bond acceptors (Lipinski definition) is 5. The lowest BCUT2D eigenvalue weighted by molar-refractivity contribution is -0.123. The Kier molecular flexibility index (Phi) is 4.45. The van der Waals surface area contributed by atoms with Gasteiger partial charge in [0.05, 0.1) is 18.8 Å². The fourth-order valence-electron chi connectivity index (χ4n) is 2.00. The van der Waals surface area contributed by atoms with Crippen molar-refractivity contribution in [3.8, 4) is 0 Å². The van der Waals surface area contributed by atoms with Gasteiger partial charge in [-0.15, -0.1) is 5.10 Å². The minimum absolute atomic E-state index is 0.0155. The Balaban J connectivity index is 1.73. The molecule has 1 aromatic rings. The molecule has 8 nitrogen and oxygen atoms in total. The zero-order valence-electron chi connectivity index (χ0n) is 10.5. The number of nitrogens with one attached hydrogen (secondary N) is 2. The van der Waals surface area contributed by atoms with Crippen LogP contribution in [0.5, 0.6) is 0 Å². The number of rotatable bonds is 5. The predicted molar refractivity (Wildman–Crippen MR) is 65.6 cm³/mol. The number of hydrogen-bond donors (Lipinski definition) is 3. The standard InChI is InChI=1S/C11H17N5O3/c17-10(8-3-1-2-4-12-8)13-5-6-16-7-9(11(18)19)14-15-16/h7-8,12H,1-6H2,(H,13,17)(H,18,19)/t8-/m1/s1. The molecule has 3 N–H and O–H groups in total. The van der Waals surface area contributed by atoms with E-state index < -0.39 is 5.97 Å². The Bertz CT molecular complexity index is 453. The summed E-state index contributed by atoms with van der Waals surface area (Å²) in [6, 6.07) is -0.112. The highest BCUT2D eigenvalue weighted by Crippen LogP contribution is 2.06. The number of carboxylic acids is 1. The van der Waals surface area contributed by atoms with Gasteiger partial charge in [-0.1, -0.05) is 11.6 Å². The first-order chi connectivity index (χ1) is 9.16. The molecule has 1 saturated heterocycles. The van der Waals surface area contributed by atoms with Gasteiger partial charge in [-0.05, 0) is 19.4 Å². The Morgan fingerprint density at radius 2 is 2.37 bits per heavy atom. The van der Waals surface area contributed by atoms with Crippen LogP contribution < -0.4 is 10.6 Å². The van der Waals surface area contributed by atoms with Gasteiger partial charge in [-0.3, -0.25) is 4.79 Å². The van der Waals surface area contributed by atoms with E-state index in [1.165, 1.54) is 10.9 Å². The quantitative estimate of drug-likeness (QED) is 0.646. The molecule has 0 radical (unpaired) electrons. The molecule has 1 aromatic heterocycles. The van der Waals surface area contributed by atoms with E-state index in [9.17, 15) is 9.59 Å². The molecule has 1 aliphatic rings. The second kappa shape index (κ2) is 6.28. The lowest BCUT2D eigenvalue weighted by Crippen LogP contribution is -2.47. The fourth-order valence-corrected chi connectivity index (χ4v) is 2.00. The first kappa shape index (κ1) is 13.5. The van der Waals surface area contributed by atoms with E-state index in [1.54, 1.807) is 0 Å². The van der Waals surface area contributed by atoms with Crippen LogP contribution in [0.3, 0.4) is 0 Å². The smallest absolute Gasteiger partial charge is 0.358 e. The summed E-state index contributed by atoms with van der Waals surface area (Å²) < 4.78 is 1.40. The lowest BCUT2D eigenvalue weighted by atomic mass is 10.0. The SMILES string of the molecule is O=C(O)c1cn(CCNC(=O)[C@H]2CCCCN2)nn1. The van der Waals surface area contributed by atoms with Gasteiger partial charge in [0.25, 0.3) is 0 Å². The minimum Gasteiger partial charge on any atom is -0.476 e. The molecule has 104 valence electrons. The van der Waals surface area contributed by atoms with Crippen LogP contribution in [0.1, 0.15) is 29.8 Å². The van der Waals surface area contributed by atoms with E-state index in [2.05, 4.69) is 20.9 Å². The topological polar surface area (TPSA) is 109 Å². The van der Waals surface area contributed by atoms with Gasteiger partial charge in [0.2, 0.25) is 5.91 Å². The Labute approximate surface area is 110 Å². The summed E-state index contributed by atoms with van der Waals surface area (Å²) in [5.41, 5.74) is -0.0970. The number of carboxylic acid groups (broad SMARTS) is 1. The van der Waals surface area contributed by atoms with Crippen molar-refractivity contribution in [3.63, 3.8) is 0 Å². The molecule has 2 rings (SSSR count). The summed E-state index contributed by atoms with van der Waals surface area (Å²) in [5, 5.41) is 21.8. The maximum atomic E-state index is 11.8. The van der Waals surface area contributed by atoms with Gasteiger partial charge in [0, 0.05) is 6.54 Å². The van der Waals surface area contributed by atoms with E-state index in [4.69, 9.17) is 5.11 Å². The minimum atomic E-state index is -1.11. The van der Waals surface area contributed by atoms with Crippen molar-refractivity contribution in [1.82, 2.24) is 25.6 Å². The summed E-state index contributed by atoms with van der Waals surface area (Å²) in [7, 11) is 0. The van der Waals surface area contributed by atoms with E-state index in [1.807, 2.05) is 0 Å². The molecule has 2 heterocycles. The third-order valence-electron chi connectivity index (χ3n) is 3.02. The number of carbonyl (C=O) groups excluding carboxylic acids is 1. The predicted octanol–water partition coefficient (Wildman–Crippen LogP) is -0.765. The van der Waals surface area contributed by atoms with E-state index >= 15 is 0 Å². The zero-order chi connectivity index (χ0) is 13.7. The monoisotopic (exact) mass is 267 g/mol. The molecule has 0 aromatic carbocycles. The third kappa shape index (κ3) is 3.75. The molecule has 1 aliphatic heterocycles. The molecule has 0 spiro atoms. The molecule has 0 unspecified atom stereocenters. The summed E-state index contributed by atoms with van der Waals surface area (Å²) in [4.78, 5) is 22.4. The maximum absolute atomic E-state index is 11.8. The number of aromatic carboxylic acids is 1. The number of amides is 1. The second-order valence-corrected chi connectivity index (χ2v) is 4.47. The van der Waals surface area contributed by atoms with Crippen LogP contribution in [0, 0.1) is 0 Å². The number of piperidine rings is 1. The molecule has 1 amide bonds. The first-order valence-corrected chi connectivity index (χ1v) is 6.31. The van der Waals surface area contributed by atoms with Crippen molar-refractivity contribution in [1.29, 1.82) is 0 Å². The zero-order valence-corrected chi connectivity index (χ0v) is 10.5. The number of carbonyl (C=O) groups is 2. The molecular formula is C11H17N5O3. The van der Waals surface area contributed by atoms with Crippen LogP contribution in [-0.4, -0.2) is 51.1 Å². The van der Waals surface area contributed by atoms with Crippen molar-refractivity contribution >= 4 is 11.9 Å². The summed E-state index contributed by atoms with van der Waals surface area (Å²) in [5.74, 6) is -1.13. The largest absolute Gasteiger partial charge is 0.476 e. The van der Waals surface area contributed by atoms with Crippen LogP contribution in [0.2, 0.25) is 0 Å². The Hall–Kier alpha value is -1.96. The normalized spacial score (nSPS) is 19.1. The number of aromatic nitrogens is 3. The highest BCUT2D eigenvalue weighted by atomic mass is 16.4. The fraction of sp³-hybridized carbons (Fsp3) is 0.636. The summed E-state index contributed by atoms with van der Waals surface area (Å²) in [6.45, 7) is 1.68. The summed E-state index contributed by atoms with van der Waals surface area (Å²) >= 11 is 0. The molecule has 19 heavy (non-hydrogen) atoms. The van der Waals surface area contributed by atoms with Crippen LogP contribution >= 0.6 is 0 Å². The highest BCUT2D eigenvalue weighted by molar-refractivity contribution is 5.84. The van der Waals surface area contributed by atoms with Crippen molar-refractivity contribution < 1.29 is 14.7 Å². The molecule has 0 saturated carbocycles. The molecule has 0 bridgehead atoms. The molecular weight excluding hydrogens is 250 g/mol. The van der Waals surface area contributed by atoms with Crippen molar-refractivity contribution in [2.75, 3.05) is 13.1 Å². The van der Waals surface area contributed by atoms with Gasteiger partial charge < -0.3 is 15.7 Å². The maximum Gasteiger partial charge on any atom is 0.358 e. The summed E-state index contributed by atoms with van der Waals surface area (Å²) in [6.07, 6.45) is 4.38. The van der Waals surface area contributed by atoms with E-state index in [-0.39, 0.29) is 17.6 Å². The van der Waals surface area contributed by atoms with Crippen molar-refractivity contribution in [2.24, 2.45) is 0 Å². The van der Waals surface area contributed by atoms with Crippen LogP contribution in [0.15, 0.2) is 6.20 Å². The van der Waals surface area contributed by atoms with Crippen molar-refractivity contribution in [3.05, 3.63) is 11.9 Å². The van der Waals surface area contributed by atoms with Gasteiger partial charge in [-0.2, -0.15) is 0 Å².